The summed E-state index contributed by atoms with van der Waals surface area (Å²) in [5.74, 6) is 0. The fourth-order valence-corrected chi connectivity index (χ4v) is 2.14. The van der Waals surface area contributed by atoms with E-state index >= 15 is 0 Å². The van der Waals surface area contributed by atoms with Gasteiger partial charge in [-0.1, -0.05) is 36.4 Å². The minimum atomic E-state index is -2.78. The van der Waals surface area contributed by atoms with Crippen LogP contribution >= 0.6 is 0 Å². The van der Waals surface area contributed by atoms with Crippen molar-refractivity contribution in [2.24, 2.45) is 5.73 Å². The minimum absolute atomic E-state index is 0.196. The average Bonchev–Trinajstić information content (AvgIpc) is 2.48. The predicted octanol–water partition coefficient (Wildman–Crippen LogP) is 3.77. The SMILES string of the molecule is NC(Cc1ccc([N+](=O)[O-])cc1C(F)F)c1ccccc1. The number of hydrogen-bond donors (Lipinski definition) is 1. The molecule has 0 saturated carbocycles. The van der Waals surface area contributed by atoms with Crippen LogP contribution in [-0.4, -0.2) is 4.92 Å². The van der Waals surface area contributed by atoms with Crippen molar-refractivity contribution in [1.82, 2.24) is 0 Å². The summed E-state index contributed by atoms with van der Waals surface area (Å²) in [6.45, 7) is 0. The molecule has 1 unspecified atom stereocenters. The van der Waals surface area contributed by atoms with E-state index in [1.807, 2.05) is 30.3 Å². The van der Waals surface area contributed by atoms with E-state index in [9.17, 15) is 18.9 Å². The summed E-state index contributed by atoms with van der Waals surface area (Å²) in [4.78, 5) is 9.98. The minimum Gasteiger partial charge on any atom is -0.324 e. The van der Waals surface area contributed by atoms with Gasteiger partial charge < -0.3 is 5.73 Å². The zero-order valence-electron chi connectivity index (χ0n) is 11.1. The molecule has 0 heterocycles. The molecule has 1 atom stereocenters. The maximum absolute atomic E-state index is 13.1. The van der Waals surface area contributed by atoms with Gasteiger partial charge in [-0.25, -0.2) is 8.78 Å². The van der Waals surface area contributed by atoms with Crippen LogP contribution in [-0.2, 0) is 6.42 Å². The Morgan fingerprint density at radius 3 is 2.38 bits per heavy atom. The first-order valence-corrected chi connectivity index (χ1v) is 6.35. The third-order valence-electron chi connectivity index (χ3n) is 3.24. The van der Waals surface area contributed by atoms with E-state index in [0.29, 0.717) is 5.56 Å². The quantitative estimate of drug-likeness (QED) is 0.673. The number of benzene rings is 2. The second kappa shape index (κ2) is 6.41. The molecule has 0 spiro atoms. The number of nitrogens with zero attached hydrogens (tertiary/aromatic N) is 1. The van der Waals surface area contributed by atoms with Crippen LogP contribution in [0.1, 0.15) is 29.2 Å². The molecule has 21 heavy (non-hydrogen) atoms. The van der Waals surface area contributed by atoms with Gasteiger partial charge in [-0.2, -0.15) is 0 Å². The van der Waals surface area contributed by atoms with Gasteiger partial charge in [0.05, 0.1) is 4.92 Å². The zero-order valence-corrected chi connectivity index (χ0v) is 11.1. The molecule has 0 aliphatic carbocycles. The van der Waals surface area contributed by atoms with Crippen LogP contribution in [0, 0.1) is 10.1 Å². The lowest BCUT2D eigenvalue weighted by atomic mass is 9.96. The van der Waals surface area contributed by atoms with Gasteiger partial charge in [-0.3, -0.25) is 10.1 Å². The van der Waals surface area contributed by atoms with Crippen LogP contribution in [0.3, 0.4) is 0 Å². The topological polar surface area (TPSA) is 69.2 Å². The second-order valence-electron chi connectivity index (χ2n) is 4.66. The van der Waals surface area contributed by atoms with Gasteiger partial charge in [0.1, 0.15) is 0 Å². The molecule has 0 fully saturated rings. The number of non-ortho nitro benzene ring substituents is 1. The van der Waals surface area contributed by atoms with E-state index in [1.54, 1.807) is 0 Å². The molecule has 0 aliphatic rings. The van der Waals surface area contributed by atoms with Gasteiger partial charge >= 0.3 is 0 Å². The molecular weight excluding hydrogens is 278 g/mol. The number of nitrogens with two attached hydrogens (primary N) is 1. The number of rotatable bonds is 5. The highest BCUT2D eigenvalue weighted by molar-refractivity contribution is 5.41. The number of nitro benzene ring substituents is 1. The van der Waals surface area contributed by atoms with Crippen LogP contribution in [0.15, 0.2) is 48.5 Å². The normalized spacial score (nSPS) is 12.4. The molecule has 2 aromatic carbocycles. The van der Waals surface area contributed by atoms with Crippen LogP contribution in [0.5, 0.6) is 0 Å². The molecule has 0 radical (unpaired) electrons. The van der Waals surface area contributed by atoms with Crippen molar-refractivity contribution in [1.29, 1.82) is 0 Å². The summed E-state index contributed by atoms with van der Waals surface area (Å²) in [6, 6.07) is 12.2. The molecule has 0 aromatic heterocycles. The highest BCUT2D eigenvalue weighted by atomic mass is 19.3. The number of nitro groups is 1. The Morgan fingerprint density at radius 2 is 1.81 bits per heavy atom. The van der Waals surface area contributed by atoms with Gasteiger partial charge in [0.2, 0.25) is 0 Å². The van der Waals surface area contributed by atoms with Crippen LogP contribution < -0.4 is 5.73 Å². The number of hydrogen-bond acceptors (Lipinski definition) is 3. The maximum atomic E-state index is 13.1. The van der Waals surface area contributed by atoms with Gasteiger partial charge in [-0.05, 0) is 17.5 Å². The first-order valence-electron chi connectivity index (χ1n) is 6.35. The molecule has 2 aromatic rings. The standard InChI is InChI=1S/C15H14F2N2O2/c16-15(17)13-9-12(19(20)21)7-6-11(13)8-14(18)10-4-2-1-3-5-10/h1-7,9,14-15H,8,18H2. The lowest BCUT2D eigenvalue weighted by Gasteiger charge is -2.15. The molecule has 0 amide bonds. The maximum Gasteiger partial charge on any atom is 0.269 e. The molecule has 6 heteroatoms. The number of halogens is 2. The summed E-state index contributed by atoms with van der Waals surface area (Å²) in [6.07, 6.45) is -2.58. The van der Waals surface area contributed by atoms with Crippen LogP contribution in [0.25, 0.3) is 0 Å². The molecule has 4 nitrogen and oxygen atoms in total. The Bertz CT molecular complexity index is 633. The monoisotopic (exact) mass is 292 g/mol. The van der Waals surface area contributed by atoms with Crippen molar-refractivity contribution in [3.05, 3.63) is 75.3 Å². The van der Waals surface area contributed by atoms with Gasteiger partial charge in [0.25, 0.3) is 12.1 Å². The second-order valence-corrected chi connectivity index (χ2v) is 4.66. The average molecular weight is 292 g/mol. The Kier molecular flexibility index (Phi) is 4.59. The zero-order chi connectivity index (χ0) is 15.4. The first kappa shape index (κ1) is 15.1. The molecular formula is C15H14F2N2O2. The van der Waals surface area contributed by atoms with E-state index in [0.717, 1.165) is 11.6 Å². The Labute approximate surface area is 120 Å². The summed E-state index contributed by atoms with van der Waals surface area (Å²) in [5.41, 5.74) is 6.49. The van der Waals surface area contributed by atoms with Gasteiger partial charge in [0, 0.05) is 23.7 Å². The summed E-state index contributed by atoms with van der Waals surface area (Å²) in [5, 5.41) is 10.7. The highest BCUT2D eigenvalue weighted by Crippen LogP contribution is 2.29. The fraction of sp³-hybridized carbons (Fsp3) is 0.200. The lowest BCUT2D eigenvalue weighted by Crippen LogP contribution is -2.14. The van der Waals surface area contributed by atoms with E-state index in [-0.39, 0.29) is 17.7 Å². The van der Waals surface area contributed by atoms with Gasteiger partial charge in [0.15, 0.2) is 0 Å². The molecule has 2 N–H and O–H groups in total. The van der Waals surface area contributed by atoms with E-state index in [2.05, 4.69) is 0 Å². The van der Waals surface area contributed by atoms with Crippen molar-refractivity contribution in [3.8, 4) is 0 Å². The van der Waals surface area contributed by atoms with Crippen molar-refractivity contribution >= 4 is 5.69 Å². The smallest absolute Gasteiger partial charge is 0.269 e. The molecule has 0 bridgehead atoms. The van der Waals surface area contributed by atoms with E-state index in [4.69, 9.17) is 5.73 Å². The summed E-state index contributed by atoms with van der Waals surface area (Å²) in [7, 11) is 0. The predicted molar refractivity (Wildman–Crippen MR) is 75.1 cm³/mol. The molecule has 0 saturated heterocycles. The van der Waals surface area contributed by atoms with Crippen molar-refractivity contribution < 1.29 is 13.7 Å². The fourth-order valence-electron chi connectivity index (χ4n) is 2.14. The van der Waals surface area contributed by atoms with Crippen molar-refractivity contribution in [2.45, 2.75) is 18.9 Å². The summed E-state index contributed by atoms with van der Waals surface area (Å²) < 4.78 is 26.1. The molecule has 2 rings (SSSR count). The third kappa shape index (κ3) is 3.61. The first-order chi connectivity index (χ1) is 9.99. The third-order valence-corrected chi connectivity index (χ3v) is 3.24. The largest absolute Gasteiger partial charge is 0.324 e. The molecule has 110 valence electrons. The van der Waals surface area contributed by atoms with Gasteiger partial charge in [-0.15, -0.1) is 0 Å². The Morgan fingerprint density at radius 1 is 1.14 bits per heavy atom. The summed E-state index contributed by atoms with van der Waals surface area (Å²) >= 11 is 0. The highest BCUT2D eigenvalue weighted by Gasteiger charge is 2.19. The Balaban J connectivity index is 2.29. The number of alkyl halides is 2. The lowest BCUT2D eigenvalue weighted by molar-refractivity contribution is -0.385. The van der Waals surface area contributed by atoms with E-state index < -0.39 is 17.4 Å². The Hall–Kier alpha value is -2.34. The van der Waals surface area contributed by atoms with E-state index in [1.165, 1.54) is 12.1 Å². The molecule has 0 aliphatic heterocycles. The van der Waals surface area contributed by atoms with Crippen molar-refractivity contribution in [2.75, 3.05) is 0 Å². The van der Waals surface area contributed by atoms with Crippen LogP contribution in [0.2, 0.25) is 0 Å². The van der Waals surface area contributed by atoms with Crippen LogP contribution in [0.4, 0.5) is 14.5 Å². The van der Waals surface area contributed by atoms with Crippen molar-refractivity contribution in [3.63, 3.8) is 0 Å².